The molecule has 0 N–H and O–H groups in total. The highest BCUT2D eigenvalue weighted by Crippen LogP contribution is 2.44. The van der Waals surface area contributed by atoms with Crippen LogP contribution in [0.5, 0.6) is 11.5 Å². The Labute approximate surface area is 182 Å². The number of halogens is 1. The smallest absolute Gasteiger partial charge is 0.131 e. The Bertz CT molecular complexity index is 1240. The van der Waals surface area contributed by atoms with Gasteiger partial charge in [0.2, 0.25) is 0 Å². The van der Waals surface area contributed by atoms with Crippen LogP contribution in [-0.4, -0.2) is 14.2 Å². The first-order chi connectivity index (χ1) is 15.2. The van der Waals surface area contributed by atoms with Crippen molar-refractivity contribution in [2.24, 2.45) is 0 Å². The van der Waals surface area contributed by atoms with Gasteiger partial charge in [-0.3, -0.25) is 0 Å². The number of hydrogen-bond acceptors (Lipinski definition) is 2. The van der Waals surface area contributed by atoms with Crippen LogP contribution in [0, 0.1) is 5.82 Å². The molecule has 5 rings (SSSR count). The maximum atomic E-state index is 13.2. The SMILES string of the molecule is COc1cccc2c1c(OC)cc1c3c(ccc12)C(CCc1ccc(F)cc1)CCC3. The van der Waals surface area contributed by atoms with Gasteiger partial charge in [0, 0.05) is 0 Å². The summed E-state index contributed by atoms with van der Waals surface area (Å²) in [4.78, 5) is 0. The van der Waals surface area contributed by atoms with Gasteiger partial charge in [-0.15, -0.1) is 0 Å². The van der Waals surface area contributed by atoms with E-state index >= 15 is 0 Å². The van der Waals surface area contributed by atoms with Crippen LogP contribution in [0.15, 0.2) is 60.7 Å². The standard InChI is InChI=1S/C28H27FO2/c1-30-26-8-4-7-24-23-16-15-21-19(12-9-18-10-13-20(29)14-11-18)5-3-6-22(21)25(23)17-27(31-2)28(24)26/h4,7-8,10-11,13-17,19H,3,5-6,9,12H2,1-2H3. The molecule has 4 aromatic rings. The molecule has 158 valence electrons. The molecule has 0 bridgehead atoms. The highest BCUT2D eigenvalue weighted by atomic mass is 19.1. The van der Waals surface area contributed by atoms with Gasteiger partial charge in [-0.05, 0) is 95.1 Å². The molecule has 0 spiro atoms. The summed E-state index contributed by atoms with van der Waals surface area (Å²) in [5, 5.41) is 4.75. The lowest BCUT2D eigenvalue weighted by Crippen LogP contribution is -2.11. The van der Waals surface area contributed by atoms with Crippen LogP contribution in [0.3, 0.4) is 0 Å². The van der Waals surface area contributed by atoms with Crippen LogP contribution >= 0.6 is 0 Å². The number of benzene rings is 4. The van der Waals surface area contributed by atoms with Gasteiger partial charge in [-0.25, -0.2) is 4.39 Å². The van der Waals surface area contributed by atoms with E-state index in [2.05, 4.69) is 24.3 Å². The predicted molar refractivity (Wildman–Crippen MR) is 125 cm³/mol. The molecule has 3 heteroatoms. The number of methoxy groups -OCH3 is 2. The van der Waals surface area contributed by atoms with E-state index < -0.39 is 0 Å². The molecule has 0 radical (unpaired) electrons. The first-order valence-corrected chi connectivity index (χ1v) is 11.0. The lowest BCUT2D eigenvalue weighted by molar-refractivity contribution is 0.405. The number of fused-ring (bicyclic) bond motifs is 5. The Morgan fingerprint density at radius 2 is 1.68 bits per heavy atom. The topological polar surface area (TPSA) is 18.5 Å². The van der Waals surface area contributed by atoms with Gasteiger partial charge in [0.25, 0.3) is 0 Å². The quantitative estimate of drug-likeness (QED) is 0.321. The molecule has 1 unspecified atom stereocenters. The zero-order valence-corrected chi connectivity index (χ0v) is 18.1. The van der Waals surface area contributed by atoms with Crippen molar-refractivity contribution in [1.29, 1.82) is 0 Å². The summed E-state index contributed by atoms with van der Waals surface area (Å²) < 4.78 is 24.7. The molecule has 0 saturated carbocycles. The van der Waals surface area contributed by atoms with Crippen LogP contribution in [-0.2, 0) is 12.8 Å². The summed E-state index contributed by atoms with van der Waals surface area (Å²) in [7, 11) is 3.44. The summed E-state index contributed by atoms with van der Waals surface area (Å²) in [5.74, 6) is 2.06. The van der Waals surface area contributed by atoms with Crippen LogP contribution in [0.25, 0.3) is 21.5 Å². The fraction of sp³-hybridized carbons (Fsp3) is 0.286. The maximum Gasteiger partial charge on any atom is 0.131 e. The predicted octanol–water partition coefficient (Wildman–Crippen LogP) is 7.20. The van der Waals surface area contributed by atoms with E-state index in [0.717, 1.165) is 36.1 Å². The van der Waals surface area contributed by atoms with Crippen molar-refractivity contribution in [3.63, 3.8) is 0 Å². The molecule has 0 aromatic heterocycles. The summed E-state index contributed by atoms with van der Waals surface area (Å²) in [6, 6.07) is 19.9. The monoisotopic (exact) mass is 414 g/mol. The maximum absolute atomic E-state index is 13.2. The Hall–Kier alpha value is -3.07. The minimum absolute atomic E-state index is 0.170. The largest absolute Gasteiger partial charge is 0.496 e. The third kappa shape index (κ3) is 3.52. The van der Waals surface area contributed by atoms with Gasteiger partial charge in [-0.1, -0.05) is 36.4 Å². The van der Waals surface area contributed by atoms with Crippen molar-refractivity contribution in [3.8, 4) is 11.5 Å². The van der Waals surface area contributed by atoms with Crippen LogP contribution in [0.2, 0.25) is 0 Å². The molecule has 0 heterocycles. The van der Waals surface area contributed by atoms with Crippen molar-refractivity contribution in [3.05, 3.63) is 83.2 Å². The zero-order valence-electron chi connectivity index (χ0n) is 18.1. The molecule has 2 nitrogen and oxygen atoms in total. The van der Waals surface area contributed by atoms with E-state index in [-0.39, 0.29) is 5.82 Å². The summed E-state index contributed by atoms with van der Waals surface area (Å²) >= 11 is 0. The molecule has 31 heavy (non-hydrogen) atoms. The summed E-state index contributed by atoms with van der Waals surface area (Å²) in [6.07, 6.45) is 5.55. The molecule has 1 aliphatic rings. The second kappa shape index (κ2) is 8.22. The second-order valence-electron chi connectivity index (χ2n) is 8.44. The van der Waals surface area contributed by atoms with E-state index in [0.29, 0.717) is 5.92 Å². The molecule has 1 aliphatic carbocycles. The minimum Gasteiger partial charge on any atom is -0.496 e. The average molecular weight is 415 g/mol. The van der Waals surface area contributed by atoms with E-state index in [1.807, 2.05) is 24.3 Å². The van der Waals surface area contributed by atoms with Crippen molar-refractivity contribution < 1.29 is 13.9 Å². The fourth-order valence-corrected chi connectivity index (χ4v) is 5.26. The Morgan fingerprint density at radius 1 is 0.871 bits per heavy atom. The molecule has 0 saturated heterocycles. The first kappa shape index (κ1) is 19.9. The normalized spacial score (nSPS) is 15.8. The van der Waals surface area contributed by atoms with Crippen LogP contribution < -0.4 is 9.47 Å². The number of aryl methyl sites for hydroxylation is 2. The molecule has 1 atom stereocenters. The number of rotatable bonds is 5. The van der Waals surface area contributed by atoms with Gasteiger partial charge in [-0.2, -0.15) is 0 Å². The fourth-order valence-electron chi connectivity index (χ4n) is 5.26. The van der Waals surface area contributed by atoms with Gasteiger partial charge < -0.3 is 9.47 Å². The Balaban J connectivity index is 1.58. The molecular formula is C28H27FO2. The van der Waals surface area contributed by atoms with Gasteiger partial charge in [0.05, 0.1) is 19.6 Å². The number of ether oxygens (including phenoxy) is 2. The van der Waals surface area contributed by atoms with Crippen molar-refractivity contribution >= 4 is 21.5 Å². The van der Waals surface area contributed by atoms with Crippen molar-refractivity contribution in [1.82, 2.24) is 0 Å². The van der Waals surface area contributed by atoms with E-state index in [4.69, 9.17) is 9.47 Å². The molecule has 0 amide bonds. The van der Waals surface area contributed by atoms with E-state index in [1.54, 1.807) is 26.4 Å². The molecule has 0 fully saturated rings. The highest BCUT2D eigenvalue weighted by Gasteiger charge is 2.23. The molecule has 4 aromatic carbocycles. The highest BCUT2D eigenvalue weighted by molar-refractivity contribution is 6.13. The first-order valence-electron chi connectivity index (χ1n) is 11.0. The van der Waals surface area contributed by atoms with Crippen LogP contribution in [0.1, 0.15) is 41.9 Å². The molecule has 0 aliphatic heterocycles. The summed E-state index contributed by atoms with van der Waals surface area (Å²) in [5.41, 5.74) is 4.12. The van der Waals surface area contributed by atoms with Crippen molar-refractivity contribution in [2.45, 2.75) is 38.0 Å². The van der Waals surface area contributed by atoms with E-state index in [9.17, 15) is 4.39 Å². The summed E-state index contributed by atoms with van der Waals surface area (Å²) in [6.45, 7) is 0. The van der Waals surface area contributed by atoms with Gasteiger partial charge >= 0.3 is 0 Å². The minimum atomic E-state index is -0.170. The van der Waals surface area contributed by atoms with Crippen molar-refractivity contribution in [2.75, 3.05) is 14.2 Å². The zero-order chi connectivity index (χ0) is 21.4. The Morgan fingerprint density at radius 3 is 2.45 bits per heavy atom. The molecular weight excluding hydrogens is 387 g/mol. The second-order valence-corrected chi connectivity index (χ2v) is 8.44. The van der Waals surface area contributed by atoms with Gasteiger partial charge in [0.15, 0.2) is 0 Å². The third-order valence-corrected chi connectivity index (χ3v) is 6.79. The van der Waals surface area contributed by atoms with E-state index in [1.165, 1.54) is 45.7 Å². The lowest BCUT2D eigenvalue weighted by Gasteiger charge is -2.27. The third-order valence-electron chi connectivity index (χ3n) is 6.79. The van der Waals surface area contributed by atoms with Gasteiger partial charge in [0.1, 0.15) is 17.3 Å². The Kier molecular flexibility index (Phi) is 5.27. The number of hydrogen-bond donors (Lipinski definition) is 0. The van der Waals surface area contributed by atoms with Crippen LogP contribution in [0.4, 0.5) is 4.39 Å². The lowest BCUT2D eigenvalue weighted by atomic mass is 9.77. The average Bonchev–Trinajstić information content (AvgIpc) is 2.82.